The molecule has 4 rings (SSSR count). The number of rotatable bonds is 6. The van der Waals surface area contributed by atoms with E-state index in [0.717, 1.165) is 5.56 Å². The summed E-state index contributed by atoms with van der Waals surface area (Å²) in [6.07, 6.45) is 0. The van der Waals surface area contributed by atoms with Gasteiger partial charge in [-0.25, -0.2) is 0 Å². The van der Waals surface area contributed by atoms with E-state index >= 15 is 0 Å². The molecule has 0 spiro atoms. The molecule has 164 valence electrons. The maximum absolute atomic E-state index is 13.2. The number of anilines is 1. The highest BCUT2D eigenvalue weighted by atomic mass is 16.5. The standard InChI is InChI=1S/C25H24N2O5/c1-14(2)23(28)21-22(18-7-5-6-8-20(18)31-4)27(25(30)24(21)29)17-11-9-16(10-12-17)19-13-15(3)32-26-19/h5-14,22,29H,1-4H3. The van der Waals surface area contributed by atoms with Gasteiger partial charge in [-0.3, -0.25) is 14.5 Å². The minimum atomic E-state index is -0.811. The summed E-state index contributed by atoms with van der Waals surface area (Å²) in [5.74, 6) is -0.626. The van der Waals surface area contributed by atoms with Gasteiger partial charge in [-0.2, -0.15) is 0 Å². The molecule has 2 heterocycles. The summed E-state index contributed by atoms with van der Waals surface area (Å²) in [7, 11) is 1.53. The second-order valence-electron chi connectivity index (χ2n) is 7.97. The molecule has 0 fully saturated rings. The third-order valence-corrected chi connectivity index (χ3v) is 5.50. The summed E-state index contributed by atoms with van der Waals surface area (Å²) >= 11 is 0. The maximum Gasteiger partial charge on any atom is 0.294 e. The van der Waals surface area contributed by atoms with E-state index in [1.165, 1.54) is 12.0 Å². The van der Waals surface area contributed by atoms with Gasteiger partial charge in [0.15, 0.2) is 11.5 Å². The quantitative estimate of drug-likeness (QED) is 0.602. The predicted octanol–water partition coefficient (Wildman–Crippen LogP) is 4.78. The molecule has 1 amide bonds. The summed E-state index contributed by atoms with van der Waals surface area (Å²) in [6.45, 7) is 5.29. The van der Waals surface area contributed by atoms with Gasteiger partial charge >= 0.3 is 0 Å². The summed E-state index contributed by atoms with van der Waals surface area (Å²) < 4.78 is 10.6. The Morgan fingerprint density at radius 1 is 1.16 bits per heavy atom. The van der Waals surface area contributed by atoms with Crippen molar-refractivity contribution in [1.82, 2.24) is 5.16 Å². The highest BCUT2D eigenvalue weighted by Gasteiger charge is 2.45. The number of ether oxygens (including phenoxy) is 1. The van der Waals surface area contributed by atoms with Crippen LogP contribution in [0.1, 0.15) is 31.2 Å². The molecule has 3 aromatic rings. The van der Waals surface area contributed by atoms with Crippen LogP contribution in [0.4, 0.5) is 5.69 Å². The zero-order valence-electron chi connectivity index (χ0n) is 18.3. The van der Waals surface area contributed by atoms with E-state index in [-0.39, 0.29) is 11.4 Å². The van der Waals surface area contributed by atoms with Crippen LogP contribution >= 0.6 is 0 Å². The summed E-state index contributed by atoms with van der Waals surface area (Å²) in [5, 5.41) is 14.8. The van der Waals surface area contributed by atoms with Gasteiger partial charge in [0.1, 0.15) is 17.2 Å². The number of Topliss-reactive ketones (excluding diaryl/α,β-unsaturated/α-hetero) is 1. The maximum atomic E-state index is 13.2. The Morgan fingerprint density at radius 2 is 1.84 bits per heavy atom. The first kappa shape index (κ1) is 21.4. The monoisotopic (exact) mass is 432 g/mol. The normalized spacial score (nSPS) is 16.2. The first-order valence-electron chi connectivity index (χ1n) is 10.3. The molecule has 0 aliphatic carbocycles. The number of para-hydroxylation sites is 1. The Bertz CT molecular complexity index is 1210. The minimum absolute atomic E-state index is 0.0747. The van der Waals surface area contributed by atoms with Crippen LogP contribution in [0.25, 0.3) is 11.3 Å². The van der Waals surface area contributed by atoms with Gasteiger partial charge in [-0.1, -0.05) is 49.3 Å². The Labute approximate surface area is 185 Å². The second kappa shape index (κ2) is 8.34. The number of methoxy groups -OCH3 is 1. The molecule has 7 heteroatoms. The van der Waals surface area contributed by atoms with Gasteiger partial charge < -0.3 is 14.4 Å². The van der Waals surface area contributed by atoms with E-state index in [0.29, 0.717) is 28.5 Å². The van der Waals surface area contributed by atoms with E-state index in [9.17, 15) is 14.7 Å². The van der Waals surface area contributed by atoms with Crippen LogP contribution in [0.2, 0.25) is 0 Å². The van der Waals surface area contributed by atoms with Gasteiger partial charge in [0.2, 0.25) is 0 Å². The lowest BCUT2D eigenvalue weighted by molar-refractivity contribution is -0.119. The number of aliphatic hydroxyl groups excluding tert-OH is 1. The zero-order chi connectivity index (χ0) is 23.0. The van der Waals surface area contributed by atoms with E-state index < -0.39 is 23.6 Å². The minimum Gasteiger partial charge on any atom is -0.503 e. The lowest BCUT2D eigenvalue weighted by Crippen LogP contribution is -2.31. The molecule has 1 aliphatic heterocycles. The Balaban J connectivity index is 1.83. The first-order chi connectivity index (χ1) is 15.3. The van der Waals surface area contributed by atoms with Crippen molar-refractivity contribution in [3.05, 3.63) is 77.3 Å². The Kier molecular flexibility index (Phi) is 5.57. The molecule has 0 bridgehead atoms. The van der Waals surface area contributed by atoms with Crippen molar-refractivity contribution >= 4 is 17.4 Å². The molecule has 7 nitrogen and oxygen atoms in total. The molecule has 32 heavy (non-hydrogen) atoms. The number of carbonyl (C=O) groups is 2. The van der Waals surface area contributed by atoms with Crippen molar-refractivity contribution in [2.45, 2.75) is 26.8 Å². The van der Waals surface area contributed by atoms with E-state index in [4.69, 9.17) is 9.26 Å². The smallest absolute Gasteiger partial charge is 0.294 e. The topological polar surface area (TPSA) is 92.9 Å². The lowest BCUT2D eigenvalue weighted by atomic mass is 9.90. The fraction of sp³-hybridized carbons (Fsp3) is 0.240. The summed E-state index contributed by atoms with van der Waals surface area (Å²) in [5.41, 5.74) is 2.73. The van der Waals surface area contributed by atoms with Gasteiger partial charge in [0.05, 0.1) is 18.7 Å². The number of carbonyl (C=O) groups excluding carboxylic acids is 2. The lowest BCUT2D eigenvalue weighted by Gasteiger charge is -2.28. The van der Waals surface area contributed by atoms with E-state index in [1.807, 2.05) is 37.3 Å². The second-order valence-corrected chi connectivity index (χ2v) is 7.97. The van der Waals surface area contributed by atoms with Crippen molar-refractivity contribution in [2.24, 2.45) is 5.92 Å². The van der Waals surface area contributed by atoms with Crippen LogP contribution in [0.3, 0.4) is 0 Å². The molecule has 1 N–H and O–H groups in total. The van der Waals surface area contributed by atoms with Gasteiger partial charge in [0.25, 0.3) is 5.91 Å². The number of hydrogen-bond donors (Lipinski definition) is 1. The number of hydrogen-bond acceptors (Lipinski definition) is 6. The Morgan fingerprint density at radius 3 is 2.44 bits per heavy atom. The van der Waals surface area contributed by atoms with Crippen LogP contribution in [-0.4, -0.2) is 29.1 Å². The average molecular weight is 432 g/mol. The number of amides is 1. The fourth-order valence-corrected chi connectivity index (χ4v) is 3.92. The Hall–Kier alpha value is -3.87. The van der Waals surface area contributed by atoms with Crippen molar-refractivity contribution in [3.8, 4) is 17.0 Å². The van der Waals surface area contributed by atoms with Crippen molar-refractivity contribution in [1.29, 1.82) is 0 Å². The molecule has 0 radical (unpaired) electrons. The van der Waals surface area contributed by atoms with Crippen LogP contribution < -0.4 is 9.64 Å². The highest BCUT2D eigenvalue weighted by molar-refractivity contribution is 6.17. The zero-order valence-corrected chi connectivity index (χ0v) is 18.3. The highest BCUT2D eigenvalue weighted by Crippen LogP contribution is 2.44. The number of aromatic nitrogens is 1. The molecule has 1 aromatic heterocycles. The molecule has 1 unspecified atom stereocenters. The SMILES string of the molecule is COc1ccccc1C1C(C(=O)C(C)C)=C(O)C(=O)N1c1ccc(-c2cc(C)on2)cc1. The molecule has 2 aromatic carbocycles. The molecular formula is C25H24N2O5. The van der Waals surface area contributed by atoms with Crippen LogP contribution in [0.5, 0.6) is 5.75 Å². The van der Waals surface area contributed by atoms with Crippen LogP contribution in [0.15, 0.2) is 70.5 Å². The molecule has 1 atom stereocenters. The summed E-state index contributed by atoms with van der Waals surface area (Å²) in [4.78, 5) is 27.7. The summed E-state index contributed by atoms with van der Waals surface area (Å²) in [6, 6.07) is 15.3. The molecule has 0 saturated carbocycles. The van der Waals surface area contributed by atoms with Gasteiger partial charge in [0, 0.05) is 28.8 Å². The van der Waals surface area contributed by atoms with Crippen molar-refractivity contribution < 1.29 is 24.0 Å². The number of benzene rings is 2. The van der Waals surface area contributed by atoms with Gasteiger partial charge in [-0.05, 0) is 25.1 Å². The predicted molar refractivity (Wildman–Crippen MR) is 119 cm³/mol. The van der Waals surface area contributed by atoms with Crippen LogP contribution in [0, 0.1) is 12.8 Å². The third kappa shape index (κ3) is 3.56. The first-order valence-corrected chi connectivity index (χ1v) is 10.3. The molecule has 1 aliphatic rings. The number of ketones is 1. The average Bonchev–Trinajstić information content (AvgIpc) is 3.34. The molecular weight excluding hydrogens is 408 g/mol. The third-order valence-electron chi connectivity index (χ3n) is 5.50. The van der Waals surface area contributed by atoms with E-state index in [2.05, 4.69) is 5.16 Å². The number of aliphatic hydroxyl groups is 1. The van der Waals surface area contributed by atoms with E-state index in [1.54, 1.807) is 38.1 Å². The van der Waals surface area contributed by atoms with Crippen molar-refractivity contribution in [3.63, 3.8) is 0 Å². The fourth-order valence-electron chi connectivity index (χ4n) is 3.92. The molecule has 0 saturated heterocycles. The van der Waals surface area contributed by atoms with Crippen molar-refractivity contribution in [2.75, 3.05) is 12.0 Å². The van der Waals surface area contributed by atoms with Crippen LogP contribution in [-0.2, 0) is 9.59 Å². The van der Waals surface area contributed by atoms with Gasteiger partial charge in [-0.15, -0.1) is 0 Å². The number of nitrogens with zero attached hydrogens (tertiary/aromatic N) is 2. The largest absolute Gasteiger partial charge is 0.503 e. The number of aryl methyl sites for hydroxylation is 1.